The van der Waals surface area contributed by atoms with Crippen molar-refractivity contribution in [1.82, 2.24) is 10.2 Å². The highest BCUT2D eigenvalue weighted by molar-refractivity contribution is 5.85. The van der Waals surface area contributed by atoms with E-state index in [1.54, 1.807) is 0 Å². The van der Waals surface area contributed by atoms with E-state index in [9.17, 15) is 4.79 Å². The highest BCUT2D eigenvalue weighted by Gasteiger charge is 2.26. The number of hydrogen-bond donors (Lipinski definition) is 1. The van der Waals surface area contributed by atoms with E-state index < -0.39 is 0 Å². The molecule has 0 aromatic heterocycles. The number of halogens is 1. The van der Waals surface area contributed by atoms with Crippen molar-refractivity contribution >= 4 is 18.3 Å². The molecule has 136 valence electrons. The number of carbonyl (C=O) groups is 1. The fraction of sp³-hybridized carbons (Fsp3) is 0.650. The highest BCUT2D eigenvalue weighted by atomic mass is 35.5. The first-order valence-electron chi connectivity index (χ1n) is 9.22. The maximum absolute atomic E-state index is 12.9. The first kappa shape index (κ1) is 21.0. The summed E-state index contributed by atoms with van der Waals surface area (Å²) in [5.41, 5.74) is 2.57. The summed E-state index contributed by atoms with van der Waals surface area (Å²) in [5.74, 6) is 0.676. The zero-order valence-electron chi connectivity index (χ0n) is 15.4. The summed E-state index contributed by atoms with van der Waals surface area (Å²) < 4.78 is 0. The number of amides is 1. The van der Waals surface area contributed by atoms with Crippen LogP contribution >= 0.6 is 12.4 Å². The molecule has 1 N–H and O–H groups in total. The Kier molecular flexibility index (Phi) is 9.38. The Hall–Kier alpha value is -1.06. The van der Waals surface area contributed by atoms with Crippen LogP contribution < -0.4 is 5.32 Å². The molecule has 1 amide bonds. The fourth-order valence-corrected chi connectivity index (χ4v) is 3.53. The van der Waals surface area contributed by atoms with Gasteiger partial charge in [0.25, 0.3) is 0 Å². The highest BCUT2D eigenvalue weighted by Crippen LogP contribution is 2.26. The number of carbonyl (C=O) groups excluding carboxylic acids is 1. The van der Waals surface area contributed by atoms with E-state index in [0.717, 1.165) is 45.3 Å². The lowest BCUT2D eigenvalue weighted by Crippen LogP contribution is -2.46. The molecule has 0 radical (unpaired) electrons. The quantitative estimate of drug-likeness (QED) is 0.793. The molecule has 0 spiro atoms. The van der Waals surface area contributed by atoms with E-state index >= 15 is 0 Å². The summed E-state index contributed by atoms with van der Waals surface area (Å²) >= 11 is 0. The Labute approximate surface area is 153 Å². The van der Waals surface area contributed by atoms with Gasteiger partial charge in [-0.2, -0.15) is 0 Å². The molecule has 1 aromatic rings. The van der Waals surface area contributed by atoms with Crippen LogP contribution in [0.1, 0.15) is 63.0 Å². The van der Waals surface area contributed by atoms with Crippen LogP contribution in [-0.4, -0.2) is 36.5 Å². The summed E-state index contributed by atoms with van der Waals surface area (Å²) in [6.45, 7) is 9.43. The monoisotopic (exact) mass is 352 g/mol. The molecular weight excluding hydrogens is 320 g/mol. The van der Waals surface area contributed by atoms with Crippen molar-refractivity contribution in [3.8, 4) is 0 Å². The lowest BCUT2D eigenvalue weighted by molar-refractivity contribution is -0.134. The first-order valence-corrected chi connectivity index (χ1v) is 9.22. The average molecular weight is 353 g/mol. The molecule has 1 saturated heterocycles. The van der Waals surface area contributed by atoms with Crippen molar-refractivity contribution in [2.45, 2.75) is 64.8 Å². The van der Waals surface area contributed by atoms with Gasteiger partial charge in [-0.15, -0.1) is 12.4 Å². The molecule has 1 aromatic carbocycles. The SMILES string of the molecule is CCCN(C(=O)CC(CC)c1ccc(C)cc1)C1CCNCC1.Cl. The summed E-state index contributed by atoms with van der Waals surface area (Å²) in [6.07, 6.45) is 4.88. The predicted octanol–water partition coefficient (Wildman–Crippen LogP) is 4.29. The van der Waals surface area contributed by atoms with Gasteiger partial charge in [0.1, 0.15) is 0 Å². The molecule has 0 saturated carbocycles. The number of nitrogens with one attached hydrogen (secondary N) is 1. The lowest BCUT2D eigenvalue weighted by atomic mass is 9.91. The van der Waals surface area contributed by atoms with Crippen LogP contribution in [0.25, 0.3) is 0 Å². The molecule has 24 heavy (non-hydrogen) atoms. The second kappa shape index (κ2) is 10.7. The minimum absolute atomic E-state index is 0. The number of nitrogens with zero attached hydrogens (tertiary/aromatic N) is 1. The first-order chi connectivity index (χ1) is 11.2. The van der Waals surface area contributed by atoms with Crippen molar-refractivity contribution in [1.29, 1.82) is 0 Å². The van der Waals surface area contributed by atoms with Crippen molar-refractivity contribution in [3.05, 3.63) is 35.4 Å². The maximum atomic E-state index is 12.9. The lowest BCUT2D eigenvalue weighted by Gasteiger charge is -2.35. The van der Waals surface area contributed by atoms with Gasteiger partial charge in [0, 0.05) is 19.0 Å². The normalized spacial score (nSPS) is 16.3. The standard InChI is InChI=1S/C20H32N2O.ClH/c1-4-14-22(19-10-12-21-13-11-19)20(23)15-17(5-2)18-8-6-16(3)7-9-18;/h6-9,17,19,21H,4-5,10-15H2,1-3H3;1H. The predicted molar refractivity (Wildman–Crippen MR) is 104 cm³/mol. The molecule has 1 atom stereocenters. The summed E-state index contributed by atoms with van der Waals surface area (Å²) in [7, 11) is 0. The third-order valence-corrected chi connectivity index (χ3v) is 5.00. The van der Waals surface area contributed by atoms with Crippen LogP contribution in [0.5, 0.6) is 0 Å². The van der Waals surface area contributed by atoms with Gasteiger partial charge in [-0.05, 0) is 57.2 Å². The number of hydrogen-bond acceptors (Lipinski definition) is 2. The van der Waals surface area contributed by atoms with Gasteiger partial charge in [0.05, 0.1) is 0 Å². The van der Waals surface area contributed by atoms with Gasteiger partial charge in [-0.25, -0.2) is 0 Å². The van der Waals surface area contributed by atoms with E-state index in [2.05, 4.69) is 55.3 Å². The number of piperidine rings is 1. The molecule has 4 heteroatoms. The third-order valence-electron chi connectivity index (χ3n) is 5.00. The Morgan fingerprint density at radius 3 is 2.38 bits per heavy atom. The molecule has 1 unspecified atom stereocenters. The molecule has 1 aliphatic heterocycles. The molecule has 3 nitrogen and oxygen atoms in total. The second-order valence-corrected chi connectivity index (χ2v) is 6.79. The van der Waals surface area contributed by atoms with Crippen molar-refractivity contribution in [3.63, 3.8) is 0 Å². The van der Waals surface area contributed by atoms with Gasteiger partial charge in [0.15, 0.2) is 0 Å². The van der Waals surface area contributed by atoms with Gasteiger partial charge >= 0.3 is 0 Å². The molecule has 2 rings (SSSR count). The second-order valence-electron chi connectivity index (χ2n) is 6.79. The fourth-order valence-electron chi connectivity index (χ4n) is 3.53. The van der Waals surface area contributed by atoms with Gasteiger partial charge in [0.2, 0.25) is 5.91 Å². The minimum atomic E-state index is 0. The Bertz CT molecular complexity index is 483. The third kappa shape index (κ3) is 5.78. The van der Waals surface area contributed by atoms with E-state index in [0.29, 0.717) is 24.3 Å². The Balaban J connectivity index is 0.00000288. The minimum Gasteiger partial charge on any atom is -0.340 e. The average Bonchev–Trinajstić information content (AvgIpc) is 2.59. The van der Waals surface area contributed by atoms with E-state index in [4.69, 9.17) is 0 Å². The summed E-state index contributed by atoms with van der Waals surface area (Å²) in [6, 6.07) is 9.11. The molecule has 0 aliphatic carbocycles. The topological polar surface area (TPSA) is 32.3 Å². The number of aryl methyl sites for hydroxylation is 1. The number of rotatable bonds is 7. The van der Waals surface area contributed by atoms with Gasteiger partial charge < -0.3 is 10.2 Å². The Morgan fingerprint density at radius 2 is 1.83 bits per heavy atom. The zero-order valence-corrected chi connectivity index (χ0v) is 16.2. The largest absolute Gasteiger partial charge is 0.340 e. The summed E-state index contributed by atoms with van der Waals surface area (Å²) in [5, 5.41) is 3.40. The van der Waals surface area contributed by atoms with Crippen LogP contribution in [0.3, 0.4) is 0 Å². The van der Waals surface area contributed by atoms with Crippen LogP contribution in [0.15, 0.2) is 24.3 Å². The zero-order chi connectivity index (χ0) is 16.7. The molecule has 1 fully saturated rings. The molecule has 0 bridgehead atoms. The van der Waals surface area contributed by atoms with Crippen LogP contribution in [0, 0.1) is 6.92 Å². The molecule has 1 heterocycles. The number of benzene rings is 1. The van der Waals surface area contributed by atoms with Crippen molar-refractivity contribution in [2.75, 3.05) is 19.6 Å². The smallest absolute Gasteiger partial charge is 0.223 e. The van der Waals surface area contributed by atoms with E-state index in [1.807, 2.05) is 0 Å². The van der Waals surface area contributed by atoms with Crippen molar-refractivity contribution < 1.29 is 4.79 Å². The molecule has 1 aliphatic rings. The molecular formula is C20H33ClN2O. The summed E-state index contributed by atoms with van der Waals surface area (Å²) in [4.78, 5) is 15.1. The van der Waals surface area contributed by atoms with Gasteiger partial charge in [-0.3, -0.25) is 4.79 Å². The maximum Gasteiger partial charge on any atom is 0.223 e. The van der Waals surface area contributed by atoms with Gasteiger partial charge in [-0.1, -0.05) is 43.7 Å². The van der Waals surface area contributed by atoms with E-state index in [1.165, 1.54) is 11.1 Å². The van der Waals surface area contributed by atoms with Crippen LogP contribution in [-0.2, 0) is 4.79 Å². The Morgan fingerprint density at radius 1 is 1.21 bits per heavy atom. The van der Waals surface area contributed by atoms with Crippen LogP contribution in [0.2, 0.25) is 0 Å². The van der Waals surface area contributed by atoms with E-state index in [-0.39, 0.29) is 12.4 Å². The van der Waals surface area contributed by atoms with Crippen LogP contribution in [0.4, 0.5) is 0 Å². The van der Waals surface area contributed by atoms with Crippen molar-refractivity contribution in [2.24, 2.45) is 0 Å².